The Hall–Kier alpha value is -2.67. The molecule has 26 heavy (non-hydrogen) atoms. The molecule has 0 spiro atoms. The number of nitrogens with one attached hydrogen (secondary N) is 1. The van der Waals surface area contributed by atoms with Gasteiger partial charge < -0.3 is 10.4 Å². The number of carboxylic acid groups (broad SMARTS) is 1. The highest BCUT2D eigenvalue weighted by atomic mass is 16.4. The minimum absolute atomic E-state index is 0.0633. The zero-order chi connectivity index (χ0) is 18.7. The van der Waals surface area contributed by atoms with Crippen molar-refractivity contribution in [2.75, 3.05) is 11.9 Å². The van der Waals surface area contributed by atoms with Crippen LogP contribution in [-0.2, 0) is 16.1 Å². The first-order valence-electron chi connectivity index (χ1n) is 8.80. The predicted molar refractivity (Wildman–Crippen MR) is 98.0 cm³/mol. The molecule has 0 bridgehead atoms. The Bertz CT molecular complexity index is 798. The Kier molecular flexibility index (Phi) is 5.37. The fourth-order valence-electron chi connectivity index (χ4n) is 3.03. The third kappa shape index (κ3) is 4.49. The summed E-state index contributed by atoms with van der Waals surface area (Å²) in [6.45, 7) is 4.28. The average Bonchev–Trinajstić information content (AvgIpc) is 3.34. The van der Waals surface area contributed by atoms with Crippen LogP contribution in [0, 0.1) is 6.92 Å². The highest BCUT2D eigenvalue weighted by Gasteiger charge is 2.36. The first-order chi connectivity index (χ1) is 12.4. The van der Waals surface area contributed by atoms with Crippen molar-refractivity contribution in [1.82, 2.24) is 14.7 Å². The zero-order valence-electron chi connectivity index (χ0n) is 15.1. The van der Waals surface area contributed by atoms with Gasteiger partial charge in [-0.15, -0.1) is 0 Å². The average molecular weight is 356 g/mol. The molecule has 138 valence electrons. The lowest BCUT2D eigenvalue weighted by Gasteiger charge is -2.25. The molecule has 1 heterocycles. The molecule has 2 aromatic rings. The van der Waals surface area contributed by atoms with Crippen LogP contribution in [0.3, 0.4) is 0 Å². The maximum atomic E-state index is 12.5. The van der Waals surface area contributed by atoms with Gasteiger partial charge in [0.25, 0.3) is 0 Å². The van der Waals surface area contributed by atoms with Crippen LogP contribution in [0.25, 0.3) is 0 Å². The number of aromatic nitrogens is 2. The van der Waals surface area contributed by atoms with Gasteiger partial charge in [-0.05, 0) is 32.3 Å². The molecule has 3 rings (SSSR count). The normalized spacial score (nSPS) is 15.0. The number of carbonyl (C=O) groups excluding carboxylic acids is 1. The molecule has 0 radical (unpaired) electrons. The number of aryl methyl sites for hydroxylation is 1. The Morgan fingerprint density at radius 1 is 1.38 bits per heavy atom. The van der Waals surface area contributed by atoms with Gasteiger partial charge in [-0.3, -0.25) is 14.5 Å². The number of carboxylic acids is 1. The van der Waals surface area contributed by atoms with Gasteiger partial charge in [-0.2, -0.15) is 5.10 Å². The van der Waals surface area contributed by atoms with Crippen molar-refractivity contribution in [2.45, 2.75) is 45.3 Å². The first-order valence-corrected chi connectivity index (χ1v) is 8.80. The van der Waals surface area contributed by atoms with Crippen LogP contribution in [0.4, 0.5) is 5.82 Å². The van der Waals surface area contributed by atoms with Crippen LogP contribution in [-0.4, -0.2) is 50.3 Å². The summed E-state index contributed by atoms with van der Waals surface area (Å²) in [5, 5.41) is 16.4. The van der Waals surface area contributed by atoms with Gasteiger partial charge in [0, 0.05) is 12.1 Å². The number of benzene rings is 1. The van der Waals surface area contributed by atoms with E-state index in [1.165, 1.54) is 5.56 Å². The third-order valence-corrected chi connectivity index (χ3v) is 4.60. The monoisotopic (exact) mass is 356 g/mol. The van der Waals surface area contributed by atoms with Gasteiger partial charge >= 0.3 is 5.97 Å². The summed E-state index contributed by atoms with van der Waals surface area (Å²) < 4.78 is 1.73. The van der Waals surface area contributed by atoms with Gasteiger partial charge in [0.1, 0.15) is 11.9 Å². The lowest BCUT2D eigenvalue weighted by atomic mass is 10.1. The molecule has 1 unspecified atom stereocenters. The number of amides is 1. The van der Waals surface area contributed by atoms with Crippen molar-refractivity contribution in [2.24, 2.45) is 0 Å². The molecule has 1 aliphatic carbocycles. The van der Waals surface area contributed by atoms with Gasteiger partial charge in [-0.1, -0.05) is 29.8 Å². The van der Waals surface area contributed by atoms with E-state index < -0.39 is 12.0 Å². The zero-order valence-corrected chi connectivity index (χ0v) is 15.1. The molecule has 1 aromatic heterocycles. The Morgan fingerprint density at radius 3 is 2.81 bits per heavy atom. The third-order valence-electron chi connectivity index (χ3n) is 4.60. The molecule has 1 saturated carbocycles. The molecule has 1 fully saturated rings. The predicted octanol–water partition coefficient (Wildman–Crippen LogP) is 2.12. The quantitative estimate of drug-likeness (QED) is 0.756. The summed E-state index contributed by atoms with van der Waals surface area (Å²) in [5.74, 6) is -0.527. The van der Waals surface area contributed by atoms with Gasteiger partial charge in [-0.25, -0.2) is 4.68 Å². The number of hydrogen-bond acceptors (Lipinski definition) is 4. The van der Waals surface area contributed by atoms with Crippen LogP contribution in [0.1, 0.15) is 30.9 Å². The smallest absolute Gasteiger partial charge is 0.320 e. The molecule has 1 amide bonds. The summed E-state index contributed by atoms with van der Waals surface area (Å²) in [6.07, 6.45) is 3.52. The summed E-state index contributed by atoms with van der Waals surface area (Å²) in [5.41, 5.74) is 2.27. The van der Waals surface area contributed by atoms with E-state index in [2.05, 4.69) is 16.5 Å². The largest absolute Gasteiger partial charge is 0.480 e. The van der Waals surface area contributed by atoms with E-state index in [1.807, 2.05) is 25.1 Å². The molecule has 0 aliphatic heterocycles. The number of anilines is 1. The molecule has 7 nitrogen and oxygen atoms in total. The minimum atomic E-state index is -0.908. The fourth-order valence-corrected chi connectivity index (χ4v) is 3.03. The summed E-state index contributed by atoms with van der Waals surface area (Å²) in [7, 11) is 0. The molecule has 0 saturated heterocycles. The Morgan fingerprint density at radius 2 is 2.15 bits per heavy atom. The van der Waals surface area contributed by atoms with Crippen molar-refractivity contribution in [3.05, 3.63) is 47.7 Å². The highest BCUT2D eigenvalue weighted by molar-refractivity contribution is 5.92. The van der Waals surface area contributed by atoms with Gasteiger partial charge in [0.05, 0.1) is 19.3 Å². The second kappa shape index (κ2) is 7.70. The maximum Gasteiger partial charge on any atom is 0.320 e. The number of aliphatic carboxylic acids is 1. The lowest BCUT2D eigenvalue weighted by Crippen LogP contribution is -2.45. The van der Waals surface area contributed by atoms with E-state index in [0.717, 1.165) is 18.4 Å². The molecule has 1 aliphatic rings. The van der Waals surface area contributed by atoms with Crippen molar-refractivity contribution in [1.29, 1.82) is 0 Å². The van der Waals surface area contributed by atoms with Crippen molar-refractivity contribution >= 4 is 17.7 Å². The van der Waals surface area contributed by atoms with Crippen LogP contribution in [0.15, 0.2) is 36.5 Å². The molecule has 7 heteroatoms. The number of rotatable bonds is 8. The van der Waals surface area contributed by atoms with E-state index >= 15 is 0 Å². The minimum Gasteiger partial charge on any atom is -0.480 e. The second-order valence-electron chi connectivity index (χ2n) is 6.83. The molecule has 1 atom stereocenters. The van der Waals surface area contributed by atoms with Gasteiger partial charge in [0.2, 0.25) is 5.91 Å². The molecular formula is C19H24N4O3. The summed E-state index contributed by atoms with van der Waals surface area (Å²) in [6, 6.07) is 9.38. The SMILES string of the molecule is Cc1cccc(Cn2nccc2NC(=O)CN(C2CC2)C(C)C(=O)O)c1. The first kappa shape index (κ1) is 18.1. The number of carbonyl (C=O) groups is 2. The Labute approximate surface area is 152 Å². The Balaban J connectivity index is 1.64. The van der Waals surface area contributed by atoms with Crippen LogP contribution >= 0.6 is 0 Å². The van der Waals surface area contributed by atoms with Crippen LogP contribution < -0.4 is 5.32 Å². The van der Waals surface area contributed by atoms with E-state index in [0.29, 0.717) is 12.4 Å². The second-order valence-corrected chi connectivity index (χ2v) is 6.83. The standard InChI is InChI=1S/C19H24N4O3/c1-13-4-3-5-15(10-13)11-23-17(8-9-20-23)21-18(24)12-22(16-6-7-16)14(2)19(25)26/h3-5,8-10,14,16H,6-7,11-12H2,1-2H3,(H,21,24)(H,25,26). The van der Waals surface area contributed by atoms with Crippen LogP contribution in [0.2, 0.25) is 0 Å². The number of hydrogen-bond donors (Lipinski definition) is 2. The topological polar surface area (TPSA) is 87.5 Å². The van der Waals surface area contributed by atoms with E-state index in [1.54, 1.807) is 28.8 Å². The number of nitrogens with zero attached hydrogens (tertiary/aromatic N) is 3. The van der Waals surface area contributed by atoms with Crippen LogP contribution in [0.5, 0.6) is 0 Å². The van der Waals surface area contributed by atoms with E-state index in [-0.39, 0.29) is 18.5 Å². The van der Waals surface area contributed by atoms with E-state index in [9.17, 15) is 14.7 Å². The highest BCUT2D eigenvalue weighted by Crippen LogP contribution is 2.28. The van der Waals surface area contributed by atoms with Crippen molar-refractivity contribution in [3.8, 4) is 0 Å². The molecule has 1 aromatic carbocycles. The van der Waals surface area contributed by atoms with E-state index in [4.69, 9.17) is 0 Å². The maximum absolute atomic E-state index is 12.5. The lowest BCUT2D eigenvalue weighted by molar-refractivity contribution is -0.143. The summed E-state index contributed by atoms with van der Waals surface area (Å²) >= 11 is 0. The fraction of sp³-hybridized carbons (Fsp3) is 0.421. The molecular weight excluding hydrogens is 332 g/mol. The summed E-state index contributed by atoms with van der Waals surface area (Å²) in [4.78, 5) is 25.5. The van der Waals surface area contributed by atoms with Gasteiger partial charge in [0.15, 0.2) is 0 Å². The van der Waals surface area contributed by atoms with Crippen molar-refractivity contribution < 1.29 is 14.7 Å². The van der Waals surface area contributed by atoms with Crippen molar-refractivity contribution in [3.63, 3.8) is 0 Å². The molecule has 2 N–H and O–H groups in total.